The van der Waals surface area contributed by atoms with Crippen molar-refractivity contribution in [1.82, 2.24) is 15.1 Å². The van der Waals surface area contributed by atoms with Gasteiger partial charge in [-0.25, -0.2) is 0 Å². The zero-order chi connectivity index (χ0) is 30.4. The highest BCUT2D eigenvalue weighted by molar-refractivity contribution is 6.04. The van der Waals surface area contributed by atoms with Gasteiger partial charge in [0.25, 0.3) is 5.91 Å². The van der Waals surface area contributed by atoms with Crippen molar-refractivity contribution in [3.8, 4) is 0 Å². The number of rotatable bonds is 12. The Balaban J connectivity index is 0.00000432. The second-order valence-corrected chi connectivity index (χ2v) is 10.8. The van der Waals surface area contributed by atoms with E-state index in [1.54, 1.807) is 0 Å². The first-order chi connectivity index (χ1) is 19.7. The van der Waals surface area contributed by atoms with Crippen LogP contribution in [0.3, 0.4) is 0 Å². The zero-order valence-corrected chi connectivity index (χ0v) is 26.8. The van der Waals surface area contributed by atoms with Crippen molar-refractivity contribution in [2.75, 3.05) is 45.2 Å². The second-order valence-electron chi connectivity index (χ2n) is 10.8. The number of carbonyl (C=O) groups excluding carboxylic acids is 1. The number of allylic oxidation sites excluding steroid dienone is 1. The molecule has 0 saturated carbocycles. The molecule has 41 heavy (non-hydrogen) atoms. The number of ether oxygens (including phenoxy) is 1. The molecule has 1 fully saturated rings. The molecule has 1 aliphatic rings. The molecule has 1 aliphatic heterocycles. The lowest BCUT2D eigenvalue weighted by atomic mass is 10.0. The Morgan fingerprint density at radius 2 is 1.83 bits per heavy atom. The fraction of sp³-hybridized carbons (Fsp3) is 0.529. The molecule has 0 aromatic heterocycles. The van der Waals surface area contributed by atoms with Gasteiger partial charge in [-0.3, -0.25) is 14.7 Å². The van der Waals surface area contributed by atoms with Gasteiger partial charge in [0.2, 0.25) is 0 Å². The lowest BCUT2D eigenvalue weighted by Crippen LogP contribution is -2.35. The first-order valence-electron chi connectivity index (χ1n) is 15.2. The van der Waals surface area contributed by atoms with Crippen molar-refractivity contribution in [3.63, 3.8) is 0 Å². The van der Waals surface area contributed by atoms with Crippen molar-refractivity contribution in [2.24, 2.45) is 10.9 Å². The summed E-state index contributed by atoms with van der Waals surface area (Å²) in [5, 5.41) is 6.68. The minimum atomic E-state index is -0.0978. The summed E-state index contributed by atoms with van der Waals surface area (Å²) >= 11 is 0. The van der Waals surface area contributed by atoms with E-state index >= 15 is 0 Å². The van der Waals surface area contributed by atoms with Gasteiger partial charge in [0.05, 0.1) is 18.9 Å². The number of morpholine rings is 1. The minimum Gasteiger partial charge on any atom is -0.379 e. The molecule has 2 aromatic rings. The van der Waals surface area contributed by atoms with Gasteiger partial charge in [-0.1, -0.05) is 45.9 Å². The highest BCUT2D eigenvalue weighted by atomic mass is 16.5. The van der Waals surface area contributed by atoms with Crippen molar-refractivity contribution in [3.05, 3.63) is 76.6 Å². The largest absolute Gasteiger partial charge is 0.379 e. The number of anilines is 1. The molecule has 1 unspecified atom stereocenters. The van der Waals surface area contributed by atoms with E-state index in [1.807, 2.05) is 50.4 Å². The lowest BCUT2D eigenvalue weighted by Gasteiger charge is -2.27. The van der Waals surface area contributed by atoms with E-state index in [1.165, 1.54) is 5.56 Å². The number of amides is 1. The van der Waals surface area contributed by atoms with Gasteiger partial charge in [-0.15, -0.1) is 0 Å². The maximum atomic E-state index is 13.0. The summed E-state index contributed by atoms with van der Waals surface area (Å²) in [6.07, 6.45) is 4.09. The number of nitrogens with one attached hydrogen (secondary N) is 2. The van der Waals surface area contributed by atoms with Gasteiger partial charge >= 0.3 is 0 Å². The Bertz CT molecular complexity index is 1150. The Kier molecular flexibility index (Phi) is 14.8. The third-order valence-electron chi connectivity index (χ3n) is 7.15. The first kappa shape index (κ1) is 34.2. The SMILES string of the molecule is CC.CCN(C)/C=C(/N=CC(C)N[C@@H](C)c1cccc(NC(=O)c2ccc(CN3CCOCC3)c(C)c2)c1)C(C)C.[HH].[HH]. The van der Waals surface area contributed by atoms with Crippen molar-refractivity contribution in [1.29, 1.82) is 0 Å². The van der Waals surface area contributed by atoms with E-state index < -0.39 is 0 Å². The first-order valence-corrected chi connectivity index (χ1v) is 15.2. The van der Waals surface area contributed by atoms with E-state index in [2.05, 4.69) is 87.4 Å². The van der Waals surface area contributed by atoms with Gasteiger partial charge < -0.3 is 20.3 Å². The molecule has 1 heterocycles. The standard InChI is InChI=1S/C32H47N5O2.C2H6.2H2/c1-8-36(7)22-31(23(2)3)33-20-25(5)34-26(6)27-10-9-11-30(19-27)35-32(38)28-12-13-29(24(4)18-28)21-37-14-16-39-17-15-37;1-2;;/h9-13,18-20,22-23,25-26,34H,8,14-17,21H2,1-7H3,(H,35,38);1-2H3;2*1H/b31-22+,33-20?;;;/t25?,26-;;;/m0.../s1. The molecule has 1 amide bonds. The summed E-state index contributed by atoms with van der Waals surface area (Å²) in [6, 6.07) is 14.2. The summed E-state index contributed by atoms with van der Waals surface area (Å²) < 4.78 is 5.45. The van der Waals surface area contributed by atoms with E-state index in [9.17, 15) is 4.79 Å². The van der Waals surface area contributed by atoms with Crippen LogP contribution in [0.25, 0.3) is 0 Å². The highest BCUT2D eigenvalue weighted by Gasteiger charge is 2.15. The summed E-state index contributed by atoms with van der Waals surface area (Å²) in [6.45, 7) is 22.1. The summed E-state index contributed by atoms with van der Waals surface area (Å²) in [5.41, 5.74) is 6.01. The predicted molar refractivity (Wildman–Crippen MR) is 178 cm³/mol. The van der Waals surface area contributed by atoms with Crippen LogP contribution in [0.1, 0.15) is 84.4 Å². The van der Waals surface area contributed by atoms with Crippen molar-refractivity contribution >= 4 is 17.8 Å². The monoisotopic (exact) mass is 567 g/mol. The Labute approximate surface area is 252 Å². The molecule has 7 nitrogen and oxygen atoms in total. The number of hydrogen-bond acceptors (Lipinski definition) is 6. The van der Waals surface area contributed by atoms with Gasteiger partial charge in [0.15, 0.2) is 0 Å². The molecule has 2 atom stereocenters. The van der Waals surface area contributed by atoms with Crippen LogP contribution >= 0.6 is 0 Å². The van der Waals surface area contributed by atoms with Crippen LogP contribution in [0.15, 0.2) is 59.4 Å². The maximum Gasteiger partial charge on any atom is 0.255 e. The number of hydrogen-bond donors (Lipinski definition) is 2. The third kappa shape index (κ3) is 11.4. The molecule has 0 radical (unpaired) electrons. The van der Waals surface area contributed by atoms with Crippen molar-refractivity contribution in [2.45, 2.75) is 74.0 Å². The molecule has 2 N–H and O–H groups in total. The van der Waals surface area contributed by atoms with E-state index in [0.717, 1.165) is 61.9 Å². The minimum absolute atomic E-state index is 0. The van der Waals surface area contributed by atoms with Crippen LogP contribution < -0.4 is 10.6 Å². The van der Waals surface area contributed by atoms with Crippen LogP contribution in [0.4, 0.5) is 5.69 Å². The fourth-order valence-corrected chi connectivity index (χ4v) is 4.48. The van der Waals surface area contributed by atoms with E-state index in [4.69, 9.17) is 9.73 Å². The van der Waals surface area contributed by atoms with Gasteiger partial charge in [-0.05, 0) is 74.6 Å². The van der Waals surface area contributed by atoms with Crippen LogP contribution in [0.2, 0.25) is 0 Å². The molecule has 2 aromatic carbocycles. The third-order valence-corrected chi connectivity index (χ3v) is 7.15. The van der Waals surface area contributed by atoms with Gasteiger partial charge in [0.1, 0.15) is 0 Å². The van der Waals surface area contributed by atoms with Crippen LogP contribution in [0, 0.1) is 12.8 Å². The zero-order valence-electron chi connectivity index (χ0n) is 26.8. The van der Waals surface area contributed by atoms with E-state index in [-0.39, 0.29) is 20.8 Å². The number of nitrogens with zero attached hydrogens (tertiary/aromatic N) is 3. The summed E-state index contributed by atoms with van der Waals surface area (Å²) in [4.78, 5) is 22.3. The molecule has 0 spiro atoms. The highest BCUT2D eigenvalue weighted by Crippen LogP contribution is 2.20. The van der Waals surface area contributed by atoms with Gasteiger partial charge in [0, 0.05) is 71.8 Å². The number of benzene rings is 2. The normalized spacial score (nSPS) is 15.8. The summed E-state index contributed by atoms with van der Waals surface area (Å²) in [7, 11) is 2.07. The number of aryl methyl sites for hydroxylation is 1. The average molecular weight is 568 g/mol. The second kappa shape index (κ2) is 17.7. The molecule has 230 valence electrons. The number of carbonyl (C=O) groups is 1. The average Bonchev–Trinajstić information content (AvgIpc) is 2.97. The molecular formula is C34H57N5O2. The predicted octanol–water partition coefficient (Wildman–Crippen LogP) is 7.16. The Morgan fingerprint density at radius 3 is 2.46 bits per heavy atom. The molecule has 1 saturated heterocycles. The Hall–Kier alpha value is -3.00. The van der Waals surface area contributed by atoms with Crippen LogP contribution in [-0.4, -0.2) is 67.9 Å². The van der Waals surface area contributed by atoms with E-state index in [0.29, 0.717) is 11.5 Å². The molecule has 3 rings (SSSR count). The molecule has 7 heteroatoms. The topological polar surface area (TPSA) is 69.2 Å². The number of aliphatic imine (C=N–C) groups is 1. The molecule has 0 bridgehead atoms. The van der Waals surface area contributed by atoms with Gasteiger partial charge in [-0.2, -0.15) is 0 Å². The van der Waals surface area contributed by atoms with Crippen LogP contribution in [-0.2, 0) is 11.3 Å². The van der Waals surface area contributed by atoms with Crippen LogP contribution in [0.5, 0.6) is 0 Å². The maximum absolute atomic E-state index is 13.0. The lowest BCUT2D eigenvalue weighted by molar-refractivity contribution is 0.0341. The quantitative estimate of drug-likeness (QED) is 0.267. The smallest absolute Gasteiger partial charge is 0.255 e. The van der Waals surface area contributed by atoms with Crippen molar-refractivity contribution < 1.29 is 12.4 Å². The summed E-state index contributed by atoms with van der Waals surface area (Å²) in [5.74, 6) is 0.254. The molecule has 0 aliphatic carbocycles. The fourth-order valence-electron chi connectivity index (χ4n) is 4.48. The molecular weight excluding hydrogens is 510 g/mol. The Morgan fingerprint density at radius 1 is 1.12 bits per heavy atom.